The largest absolute Gasteiger partial charge is 0.478 e. The number of carbonyl (C=O) groups is 2. The standard InChI is InChI=1S/C10H9N3O3S2/c1-4-7(10(15)16)9(18-13-4)12-8(14)6-3-11-5(2)17-6/h3H,1-2H3,(H,12,14)(H,15,16). The van der Waals surface area contributed by atoms with Gasteiger partial charge in [-0.25, -0.2) is 9.78 Å². The number of carboxylic acid groups (broad SMARTS) is 1. The van der Waals surface area contributed by atoms with Gasteiger partial charge in [-0.2, -0.15) is 4.37 Å². The van der Waals surface area contributed by atoms with Crippen LogP contribution in [0.3, 0.4) is 0 Å². The van der Waals surface area contributed by atoms with Crippen molar-refractivity contribution < 1.29 is 14.7 Å². The van der Waals surface area contributed by atoms with Crippen LogP contribution in [0, 0.1) is 13.8 Å². The molecule has 8 heteroatoms. The van der Waals surface area contributed by atoms with Gasteiger partial charge in [0, 0.05) is 0 Å². The van der Waals surface area contributed by atoms with Gasteiger partial charge in [0.05, 0.1) is 16.9 Å². The van der Waals surface area contributed by atoms with Crippen molar-refractivity contribution in [3.63, 3.8) is 0 Å². The van der Waals surface area contributed by atoms with Gasteiger partial charge in [0.25, 0.3) is 5.91 Å². The smallest absolute Gasteiger partial charge is 0.340 e. The second kappa shape index (κ2) is 4.83. The van der Waals surface area contributed by atoms with E-state index in [1.165, 1.54) is 17.5 Å². The maximum atomic E-state index is 11.9. The molecule has 2 heterocycles. The Morgan fingerprint density at radius 1 is 1.39 bits per heavy atom. The molecule has 94 valence electrons. The summed E-state index contributed by atoms with van der Waals surface area (Å²) >= 11 is 2.21. The lowest BCUT2D eigenvalue weighted by Crippen LogP contribution is -2.12. The van der Waals surface area contributed by atoms with Crippen molar-refractivity contribution >= 4 is 39.7 Å². The number of carboxylic acids is 1. The number of anilines is 1. The fraction of sp³-hybridized carbons (Fsp3) is 0.200. The summed E-state index contributed by atoms with van der Waals surface area (Å²) in [5, 5.41) is 12.6. The molecule has 0 atom stereocenters. The predicted octanol–water partition coefficient (Wildman–Crippen LogP) is 2.17. The van der Waals surface area contributed by atoms with E-state index in [1.54, 1.807) is 13.8 Å². The summed E-state index contributed by atoms with van der Waals surface area (Å²) in [4.78, 5) is 27.3. The van der Waals surface area contributed by atoms with Crippen molar-refractivity contribution in [3.05, 3.63) is 27.3 Å². The summed E-state index contributed by atoms with van der Waals surface area (Å²) in [5.41, 5.74) is 0.429. The quantitative estimate of drug-likeness (QED) is 0.900. The summed E-state index contributed by atoms with van der Waals surface area (Å²) in [6.45, 7) is 3.38. The molecule has 0 bridgehead atoms. The third-order valence-corrected chi connectivity index (χ3v) is 3.91. The van der Waals surface area contributed by atoms with E-state index >= 15 is 0 Å². The van der Waals surface area contributed by atoms with Gasteiger partial charge in [-0.1, -0.05) is 0 Å². The molecular weight excluding hydrogens is 274 g/mol. The summed E-state index contributed by atoms with van der Waals surface area (Å²) in [7, 11) is 0. The zero-order chi connectivity index (χ0) is 13.3. The Morgan fingerprint density at radius 2 is 2.11 bits per heavy atom. The summed E-state index contributed by atoms with van der Waals surface area (Å²) in [6, 6.07) is 0. The summed E-state index contributed by atoms with van der Waals surface area (Å²) < 4.78 is 3.92. The van der Waals surface area contributed by atoms with Crippen LogP contribution < -0.4 is 5.32 Å². The summed E-state index contributed by atoms with van der Waals surface area (Å²) in [5.74, 6) is -1.47. The number of rotatable bonds is 3. The van der Waals surface area contributed by atoms with Crippen LogP contribution in [0.25, 0.3) is 0 Å². The molecule has 0 spiro atoms. The number of aromatic nitrogens is 2. The molecule has 2 N–H and O–H groups in total. The van der Waals surface area contributed by atoms with Crippen molar-refractivity contribution in [2.24, 2.45) is 0 Å². The molecule has 1 amide bonds. The van der Waals surface area contributed by atoms with Gasteiger partial charge in [-0.05, 0) is 25.4 Å². The number of aryl methyl sites for hydroxylation is 2. The number of hydrogen-bond donors (Lipinski definition) is 2. The highest BCUT2D eigenvalue weighted by Crippen LogP contribution is 2.25. The third kappa shape index (κ3) is 2.39. The van der Waals surface area contributed by atoms with E-state index < -0.39 is 5.97 Å². The minimum Gasteiger partial charge on any atom is -0.478 e. The maximum Gasteiger partial charge on any atom is 0.340 e. The first-order valence-electron chi connectivity index (χ1n) is 4.92. The average Bonchev–Trinajstić information content (AvgIpc) is 2.85. The lowest BCUT2D eigenvalue weighted by molar-refractivity contribution is 0.0697. The van der Waals surface area contributed by atoms with E-state index in [9.17, 15) is 9.59 Å². The first-order chi connectivity index (χ1) is 8.49. The minimum atomic E-state index is -1.10. The third-order valence-electron chi connectivity index (χ3n) is 2.15. The van der Waals surface area contributed by atoms with Gasteiger partial charge in [0.2, 0.25) is 0 Å². The van der Waals surface area contributed by atoms with E-state index in [2.05, 4.69) is 14.7 Å². The molecule has 0 saturated carbocycles. The van der Waals surface area contributed by atoms with Crippen LogP contribution in [0.2, 0.25) is 0 Å². The molecule has 0 unspecified atom stereocenters. The SMILES string of the molecule is Cc1ncc(C(=O)Nc2snc(C)c2C(=O)O)s1. The molecule has 0 fully saturated rings. The molecule has 0 radical (unpaired) electrons. The number of hydrogen-bond acceptors (Lipinski definition) is 6. The Balaban J connectivity index is 2.25. The molecule has 18 heavy (non-hydrogen) atoms. The molecule has 0 aliphatic carbocycles. The minimum absolute atomic E-state index is 0.0367. The van der Waals surface area contributed by atoms with E-state index in [-0.39, 0.29) is 16.5 Å². The first-order valence-corrected chi connectivity index (χ1v) is 6.51. The van der Waals surface area contributed by atoms with Gasteiger partial charge in [-0.3, -0.25) is 4.79 Å². The van der Waals surface area contributed by atoms with E-state index in [0.717, 1.165) is 16.5 Å². The van der Waals surface area contributed by atoms with Gasteiger partial charge >= 0.3 is 5.97 Å². The zero-order valence-electron chi connectivity index (χ0n) is 9.55. The van der Waals surface area contributed by atoms with Crippen molar-refractivity contribution in [2.75, 3.05) is 5.32 Å². The molecule has 0 aromatic carbocycles. The second-order valence-electron chi connectivity index (χ2n) is 3.47. The Labute approximate surface area is 110 Å². The van der Waals surface area contributed by atoms with Crippen LogP contribution in [0.15, 0.2) is 6.20 Å². The Hall–Kier alpha value is -1.80. The van der Waals surface area contributed by atoms with Crippen LogP contribution in [-0.2, 0) is 0 Å². The Morgan fingerprint density at radius 3 is 2.67 bits per heavy atom. The fourth-order valence-electron chi connectivity index (χ4n) is 1.34. The van der Waals surface area contributed by atoms with Crippen LogP contribution in [-0.4, -0.2) is 26.3 Å². The van der Waals surface area contributed by atoms with Crippen LogP contribution >= 0.6 is 22.9 Å². The lowest BCUT2D eigenvalue weighted by atomic mass is 10.2. The highest BCUT2D eigenvalue weighted by Gasteiger charge is 2.20. The highest BCUT2D eigenvalue weighted by molar-refractivity contribution is 7.14. The van der Waals surface area contributed by atoms with Crippen molar-refractivity contribution in [1.29, 1.82) is 0 Å². The molecule has 2 aromatic rings. The molecule has 0 saturated heterocycles. The predicted molar refractivity (Wildman–Crippen MR) is 68.6 cm³/mol. The normalized spacial score (nSPS) is 10.3. The van der Waals surface area contributed by atoms with E-state index in [0.29, 0.717) is 10.6 Å². The monoisotopic (exact) mass is 283 g/mol. The molecule has 0 aliphatic rings. The number of nitrogens with one attached hydrogen (secondary N) is 1. The number of aromatic carboxylic acids is 1. The maximum absolute atomic E-state index is 11.9. The fourth-order valence-corrected chi connectivity index (χ4v) is 2.79. The molecule has 6 nitrogen and oxygen atoms in total. The van der Waals surface area contributed by atoms with E-state index in [4.69, 9.17) is 5.11 Å². The van der Waals surface area contributed by atoms with Crippen LogP contribution in [0.4, 0.5) is 5.00 Å². The molecular formula is C10H9N3O3S2. The summed E-state index contributed by atoms with van der Waals surface area (Å²) in [6.07, 6.45) is 1.46. The Kier molecular flexibility index (Phi) is 3.39. The van der Waals surface area contributed by atoms with Crippen molar-refractivity contribution in [2.45, 2.75) is 13.8 Å². The van der Waals surface area contributed by atoms with Crippen LogP contribution in [0.5, 0.6) is 0 Å². The number of carbonyl (C=O) groups excluding carboxylic acids is 1. The lowest BCUT2D eigenvalue weighted by Gasteiger charge is -2.01. The highest BCUT2D eigenvalue weighted by atomic mass is 32.1. The number of amides is 1. The zero-order valence-corrected chi connectivity index (χ0v) is 11.2. The van der Waals surface area contributed by atoms with Crippen molar-refractivity contribution in [1.82, 2.24) is 9.36 Å². The first kappa shape index (κ1) is 12.7. The van der Waals surface area contributed by atoms with E-state index in [1.807, 2.05) is 0 Å². The van der Waals surface area contributed by atoms with Crippen LogP contribution in [0.1, 0.15) is 30.7 Å². The van der Waals surface area contributed by atoms with Gasteiger partial charge in [0.1, 0.15) is 15.4 Å². The average molecular weight is 283 g/mol. The Bertz CT molecular complexity index is 618. The topological polar surface area (TPSA) is 92.2 Å². The molecule has 0 aliphatic heterocycles. The molecule has 2 aromatic heterocycles. The van der Waals surface area contributed by atoms with Gasteiger partial charge in [0.15, 0.2) is 0 Å². The van der Waals surface area contributed by atoms with Crippen molar-refractivity contribution in [3.8, 4) is 0 Å². The number of thiazole rings is 1. The van der Waals surface area contributed by atoms with Gasteiger partial charge < -0.3 is 10.4 Å². The molecule has 2 rings (SSSR count). The van der Waals surface area contributed by atoms with Gasteiger partial charge in [-0.15, -0.1) is 11.3 Å². The second-order valence-corrected chi connectivity index (χ2v) is 5.48. The number of nitrogens with zero attached hydrogens (tertiary/aromatic N) is 2.